The minimum absolute atomic E-state index is 0.334. The SMILES string of the molecule is CN(Cc1cc(F)cc(C#N)c1)c1ccc(N)cc1. The van der Waals surface area contributed by atoms with Crippen molar-refractivity contribution < 1.29 is 4.39 Å². The minimum atomic E-state index is -0.389. The van der Waals surface area contributed by atoms with Gasteiger partial charge in [0, 0.05) is 25.0 Å². The summed E-state index contributed by atoms with van der Waals surface area (Å²) in [6.45, 7) is 0.524. The van der Waals surface area contributed by atoms with E-state index >= 15 is 0 Å². The molecular formula is C15H14FN3. The third-order valence-electron chi connectivity index (χ3n) is 2.84. The fourth-order valence-electron chi connectivity index (χ4n) is 1.90. The quantitative estimate of drug-likeness (QED) is 0.858. The summed E-state index contributed by atoms with van der Waals surface area (Å²) in [6, 6.07) is 13.8. The lowest BCUT2D eigenvalue weighted by Gasteiger charge is -2.19. The molecule has 19 heavy (non-hydrogen) atoms. The van der Waals surface area contributed by atoms with E-state index in [0.717, 1.165) is 11.3 Å². The summed E-state index contributed by atoms with van der Waals surface area (Å²) in [5.41, 5.74) is 8.41. The number of anilines is 2. The zero-order chi connectivity index (χ0) is 13.8. The van der Waals surface area contributed by atoms with Gasteiger partial charge in [-0.25, -0.2) is 4.39 Å². The van der Waals surface area contributed by atoms with Crippen molar-refractivity contribution in [3.05, 3.63) is 59.4 Å². The number of hydrogen-bond acceptors (Lipinski definition) is 3. The number of nitrogen functional groups attached to an aromatic ring is 1. The molecule has 0 aliphatic heterocycles. The van der Waals surface area contributed by atoms with Gasteiger partial charge in [-0.2, -0.15) is 5.26 Å². The molecule has 0 saturated carbocycles. The van der Waals surface area contributed by atoms with Crippen LogP contribution in [-0.2, 0) is 6.54 Å². The Morgan fingerprint density at radius 2 is 1.89 bits per heavy atom. The maximum atomic E-state index is 13.3. The Balaban J connectivity index is 2.19. The lowest BCUT2D eigenvalue weighted by atomic mass is 10.1. The van der Waals surface area contributed by atoms with E-state index < -0.39 is 0 Å². The van der Waals surface area contributed by atoms with Crippen molar-refractivity contribution in [1.29, 1.82) is 5.26 Å². The Bertz CT molecular complexity index is 614. The first-order chi connectivity index (χ1) is 9.08. The van der Waals surface area contributed by atoms with Crippen LogP contribution in [0.1, 0.15) is 11.1 Å². The van der Waals surface area contributed by atoms with Gasteiger partial charge in [0.25, 0.3) is 0 Å². The Hall–Kier alpha value is -2.54. The van der Waals surface area contributed by atoms with E-state index in [9.17, 15) is 4.39 Å². The van der Waals surface area contributed by atoms with Crippen molar-refractivity contribution in [2.24, 2.45) is 0 Å². The zero-order valence-electron chi connectivity index (χ0n) is 10.6. The number of halogens is 1. The molecule has 0 saturated heterocycles. The summed E-state index contributed by atoms with van der Waals surface area (Å²) in [4.78, 5) is 1.97. The van der Waals surface area contributed by atoms with Crippen molar-refractivity contribution in [3.63, 3.8) is 0 Å². The van der Waals surface area contributed by atoms with Gasteiger partial charge in [0.2, 0.25) is 0 Å². The van der Waals surface area contributed by atoms with Crippen molar-refractivity contribution in [1.82, 2.24) is 0 Å². The van der Waals surface area contributed by atoms with Crippen LogP contribution in [0.5, 0.6) is 0 Å². The number of hydrogen-bond donors (Lipinski definition) is 1. The molecule has 0 aliphatic rings. The van der Waals surface area contributed by atoms with Crippen LogP contribution in [0.3, 0.4) is 0 Å². The van der Waals surface area contributed by atoms with Crippen LogP contribution in [0.4, 0.5) is 15.8 Å². The molecule has 3 nitrogen and oxygen atoms in total. The molecule has 0 amide bonds. The monoisotopic (exact) mass is 255 g/mol. The average Bonchev–Trinajstić information content (AvgIpc) is 2.38. The third-order valence-corrected chi connectivity index (χ3v) is 2.84. The Labute approximate surface area is 111 Å². The first-order valence-electron chi connectivity index (χ1n) is 5.85. The smallest absolute Gasteiger partial charge is 0.124 e. The topological polar surface area (TPSA) is 53.0 Å². The highest BCUT2D eigenvalue weighted by Gasteiger charge is 2.05. The van der Waals surface area contributed by atoms with Crippen molar-refractivity contribution in [3.8, 4) is 6.07 Å². The second-order valence-corrected chi connectivity index (χ2v) is 4.41. The maximum Gasteiger partial charge on any atom is 0.124 e. The summed E-state index contributed by atoms with van der Waals surface area (Å²) in [7, 11) is 1.91. The number of nitriles is 1. The van der Waals surface area contributed by atoms with Crippen molar-refractivity contribution >= 4 is 11.4 Å². The molecule has 4 heteroatoms. The van der Waals surface area contributed by atoms with Crippen molar-refractivity contribution in [2.75, 3.05) is 17.7 Å². The average molecular weight is 255 g/mol. The molecule has 0 aliphatic carbocycles. The predicted octanol–water partition coefficient (Wildman–Crippen LogP) is 2.92. The van der Waals surface area contributed by atoms with Gasteiger partial charge in [-0.05, 0) is 48.0 Å². The number of benzene rings is 2. The standard InChI is InChI=1S/C15H14FN3/c1-19(15-4-2-14(18)3-5-15)10-12-6-11(9-17)7-13(16)8-12/h2-8H,10,18H2,1H3. The highest BCUT2D eigenvalue weighted by molar-refractivity contribution is 5.53. The second-order valence-electron chi connectivity index (χ2n) is 4.41. The molecule has 0 fully saturated rings. The highest BCUT2D eigenvalue weighted by atomic mass is 19.1. The molecule has 0 unspecified atom stereocenters. The van der Waals surface area contributed by atoms with E-state index in [-0.39, 0.29) is 5.82 Å². The Kier molecular flexibility index (Phi) is 3.67. The summed E-state index contributed by atoms with van der Waals surface area (Å²) in [6.07, 6.45) is 0. The molecule has 2 rings (SSSR count). The van der Waals surface area contributed by atoms with Crippen LogP contribution >= 0.6 is 0 Å². The largest absolute Gasteiger partial charge is 0.399 e. The summed E-state index contributed by atoms with van der Waals surface area (Å²) < 4.78 is 13.3. The number of rotatable bonds is 3. The molecule has 2 aromatic carbocycles. The molecule has 0 radical (unpaired) electrons. The van der Waals surface area contributed by atoms with E-state index in [2.05, 4.69) is 0 Å². The zero-order valence-corrected chi connectivity index (χ0v) is 10.6. The van der Waals surface area contributed by atoms with Gasteiger partial charge in [0.1, 0.15) is 5.82 Å². The summed E-state index contributed by atoms with van der Waals surface area (Å²) in [5, 5.41) is 8.82. The molecule has 2 aromatic rings. The van der Waals surface area contributed by atoms with Gasteiger partial charge >= 0.3 is 0 Å². The van der Waals surface area contributed by atoms with Gasteiger partial charge in [-0.1, -0.05) is 0 Å². The van der Waals surface area contributed by atoms with E-state index in [1.165, 1.54) is 12.1 Å². The van der Waals surface area contributed by atoms with E-state index in [0.29, 0.717) is 17.8 Å². The van der Waals surface area contributed by atoms with Gasteiger partial charge in [0.15, 0.2) is 0 Å². The first kappa shape index (κ1) is 12.9. The van der Waals surface area contributed by atoms with Crippen LogP contribution < -0.4 is 10.6 Å². The second kappa shape index (κ2) is 5.40. The normalized spacial score (nSPS) is 9.95. The fraction of sp³-hybridized carbons (Fsp3) is 0.133. The first-order valence-corrected chi connectivity index (χ1v) is 5.85. The number of nitrogens with two attached hydrogens (primary N) is 1. The van der Waals surface area contributed by atoms with Crippen LogP contribution in [0, 0.1) is 17.1 Å². The van der Waals surface area contributed by atoms with E-state index in [4.69, 9.17) is 11.0 Å². The molecule has 0 atom stereocenters. The van der Waals surface area contributed by atoms with Gasteiger partial charge in [-0.3, -0.25) is 0 Å². The summed E-state index contributed by atoms with van der Waals surface area (Å²) >= 11 is 0. The van der Waals surface area contributed by atoms with Gasteiger partial charge in [0.05, 0.1) is 11.6 Å². The molecule has 0 heterocycles. The van der Waals surface area contributed by atoms with E-state index in [1.807, 2.05) is 42.3 Å². The Morgan fingerprint density at radius 1 is 1.21 bits per heavy atom. The Morgan fingerprint density at radius 3 is 2.53 bits per heavy atom. The fourth-order valence-corrected chi connectivity index (χ4v) is 1.90. The molecule has 96 valence electrons. The van der Waals surface area contributed by atoms with Gasteiger partial charge < -0.3 is 10.6 Å². The molecule has 0 aromatic heterocycles. The van der Waals surface area contributed by atoms with Crippen molar-refractivity contribution in [2.45, 2.75) is 6.54 Å². The van der Waals surface area contributed by atoms with E-state index in [1.54, 1.807) is 6.07 Å². The van der Waals surface area contributed by atoms with Crippen LogP contribution in [0.2, 0.25) is 0 Å². The van der Waals surface area contributed by atoms with Crippen LogP contribution in [0.25, 0.3) is 0 Å². The number of nitrogens with zero attached hydrogens (tertiary/aromatic N) is 2. The van der Waals surface area contributed by atoms with Crippen LogP contribution in [0.15, 0.2) is 42.5 Å². The maximum absolute atomic E-state index is 13.3. The summed E-state index contributed by atoms with van der Waals surface area (Å²) in [5.74, 6) is -0.389. The lowest BCUT2D eigenvalue weighted by molar-refractivity contribution is 0.624. The van der Waals surface area contributed by atoms with Gasteiger partial charge in [-0.15, -0.1) is 0 Å². The molecular weight excluding hydrogens is 241 g/mol. The lowest BCUT2D eigenvalue weighted by Crippen LogP contribution is -2.16. The molecule has 2 N–H and O–H groups in total. The third kappa shape index (κ3) is 3.23. The molecule has 0 bridgehead atoms. The minimum Gasteiger partial charge on any atom is -0.399 e. The molecule has 0 spiro atoms. The highest BCUT2D eigenvalue weighted by Crippen LogP contribution is 2.18. The predicted molar refractivity (Wildman–Crippen MR) is 74.1 cm³/mol. The van der Waals surface area contributed by atoms with Crippen LogP contribution in [-0.4, -0.2) is 7.05 Å².